The number of hydrogen-bond acceptors (Lipinski definition) is 13. The predicted molar refractivity (Wildman–Crippen MR) is 218 cm³/mol. The minimum atomic E-state index is -0.958. The number of hydrogen-bond donors (Lipinski definition) is 4. The lowest BCUT2D eigenvalue weighted by Crippen LogP contribution is -2.35. The van der Waals surface area contributed by atoms with E-state index in [-0.39, 0.29) is 75.1 Å². The summed E-state index contributed by atoms with van der Waals surface area (Å²) in [7, 11) is 0. The number of carbonyl (C=O) groups excluding carboxylic acids is 6. The maximum absolute atomic E-state index is 12.2. The molecule has 330 valence electrons. The van der Waals surface area contributed by atoms with Crippen molar-refractivity contribution >= 4 is 47.5 Å². The Hall–Kier alpha value is -5.41. The Labute approximate surface area is 347 Å². The molecule has 2 aliphatic carbocycles. The number of allylic oxidation sites excluding steroid dienone is 2. The van der Waals surface area contributed by atoms with Crippen molar-refractivity contribution in [3.8, 4) is 5.75 Å². The van der Waals surface area contributed by atoms with Crippen LogP contribution < -0.4 is 10.6 Å². The van der Waals surface area contributed by atoms with E-state index in [4.69, 9.17) is 24.1 Å². The van der Waals surface area contributed by atoms with Crippen LogP contribution in [0.1, 0.15) is 88.0 Å². The molecule has 0 radical (unpaired) electrons. The van der Waals surface area contributed by atoms with Gasteiger partial charge in [-0.1, -0.05) is 39.5 Å². The maximum Gasteiger partial charge on any atom is 0.330 e. The molecule has 0 saturated heterocycles. The molecule has 0 spiro atoms. The zero-order valence-electron chi connectivity index (χ0n) is 35.9. The van der Waals surface area contributed by atoms with Gasteiger partial charge in [-0.25, -0.2) is 9.59 Å². The van der Waals surface area contributed by atoms with Gasteiger partial charge in [0, 0.05) is 11.8 Å². The smallest absolute Gasteiger partial charge is 0.330 e. The van der Waals surface area contributed by atoms with Gasteiger partial charge in [0.2, 0.25) is 0 Å². The van der Waals surface area contributed by atoms with Crippen molar-refractivity contribution in [1.29, 1.82) is 0 Å². The lowest BCUT2D eigenvalue weighted by Gasteiger charge is -2.23. The Balaban J connectivity index is 0.000000454. The molecule has 2 amide bonds. The molecule has 1 aromatic rings. The number of carboxylic acids is 1. The van der Waals surface area contributed by atoms with Crippen LogP contribution in [0.5, 0.6) is 5.75 Å². The SMILES string of the molecule is C=CC(=O)OCCOC(=O)C(C)(C)CC.CCC(C)(C)C(=O)OCCNC(=O)Nc1ccc(O)cc1.CCC(C)(C)C(=O)OCCOC(=O)C1C2C=CC(C2)C1C(=O)O. The largest absolute Gasteiger partial charge is 0.508 e. The molecule has 59 heavy (non-hydrogen) atoms. The molecular weight excluding hydrogens is 768 g/mol. The number of ether oxygens (including phenoxy) is 5. The van der Waals surface area contributed by atoms with Crippen molar-refractivity contribution < 1.29 is 67.5 Å². The highest BCUT2D eigenvalue weighted by Gasteiger charge is 2.52. The molecule has 0 aromatic heterocycles. The van der Waals surface area contributed by atoms with E-state index in [9.17, 15) is 38.7 Å². The molecular formula is C43H64N2O14. The minimum Gasteiger partial charge on any atom is -0.508 e. The van der Waals surface area contributed by atoms with Crippen LogP contribution in [0.15, 0.2) is 49.1 Å². The normalized spacial score (nSPS) is 17.7. The molecule has 4 N–H and O–H groups in total. The van der Waals surface area contributed by atoms with Crippen LogP contribution in [-0.4, -0.2) is 91.6 Å². The van der Waals surface area contributed by atoms with E-state index in [1.165, 1.54) is 12.1 Å². The molecule has 4 unspecified atom stereocenters. The van der Waals surface area contributed by atoms with Crippen LogP contribution in [0.3, 0.4) is 0 Å². The highest BCUT2D eigenvalue weighted by atomic mass is 16.6. The van der Waals surface area contributed by atoms with Gasteiger partial charge in [0.15, 0.2) is 0 Å². The number of aromatic hydroxyl groups is 1. The van der Waals surface area contributed by atoms with Crippen LogP contribution in [0.4, 0.5) is 10.5 Å². The van der Waals surface area contributed by atoms with E-state index >= 15 is 0 Å². The fourth-order valence-electron chi connectivity index (χ4n) is 5.24. The van der Waals surface area contributed by atoms with E-state index in [1.807, 2.05) is 60.6 Å². The second kappa shape index (κ2) is 24.5. The van der Waals surface area contributed by atoms with E-state index < -0.39 is 52.0 Å². The van der Waals surface area contributed by atoms with Crippen LogP contribution >= 0.6 is 0 Å². The van der Waals surface area contributed by atoms with Crippen molar-refractivity contribution in [2.75, 3.05) is 44.9 Å². The number of carbonyl (C=O) groups is 7. The summed E-state index contributed by atoms with van der Waals surface area (Å²) in [6.45, 7) is 20.3. The standard InChI is InChI=1S/C17H24O6.C15H22N2O4.C11H18O4/c1-4-17(2,3)16(21)23-8-7-22-15(20)13-11-6-5-10(9-11)12(13)14(18)19;1-4-15(2,3)13(19)21-10-9-16-14(20)17-11-5-7-12(18)8-6-11;1-5-9(12)14-7-8-15-10(13)11(3,4)6-2/h5-6,10-13H,4,7-9H2,1-3H3,(H,18,19);5-8,18H,4,9-10H2,1-3H3,(H2,16,17,20);5H,1,6-8H2,2-4H3. The molecule has 16 nitrogen and oxygen atoms in total. The first-order valence-corrected chi connectivity index (χ1v) is 19.8. The summed E-state index contributed by atoms with van der Waals surface area (Å²) in [6.07, 6.45) is 7.60. The van der Waals surface area contributed by atoms with E-state index in [2.05, 4.69) is 21.9 Å². The number of fused-ring (bicyclic) bond motifs is 2. The number of carboxylic acid groups (broad SMARTS) is 1. The zero-order chi connectivity index (χ0) is 45.0. The van der Waals surface area contributed by atoms with Gasteiger partial charge in [0.05, 0.1) is 34.6 Å². The Morgan fingerprint density at radius 2 is 1.10 bits per heavy atom. The molecule has 4 atom stereocenters. The molecule has 1 aromatic carbocycles. The van der Waals surface area contributed by atoms with Gasteiger partial charge >= 0.3 is 41.8 Å². The highest BCUT2D eigenvalue weighted by Crippen LogP contribution is 2.48. The third kappa shape index (κ3) is 17.5. The zero-order valence-corrected chi connectivity index (χ0v) is 35.9. The second-order valence-corrected chi connectivity index (χ2v) is 15.9. The number of nitrogens with one attached hydrogen (secondary N) is 2. The summed E-state index contributed by atoms with van der Waals surface area (Å²) < 4.78 is 24.9. The number of phenols is 1. The lowest BCUT2D eigenvalue weighted by atomic mass is 9.83. The van der Waals surface area contributed by atoms with Crippen LogP contribution in [0.25, 0.3) is 0 Å². The number of urea groups is 1. The summed E-state index contributed by atoms with van der Waals surface area (Å²) in [6, 6.07) is 5.72. The molecule has 2 bridgehead atoms. The number of rotatable bonds is 19. The third-order valence-electron chi connectivity index (χ3n) is 10.4. The molecule has 2 aliphatic rings. The van der Waals surface area contributed by atoms with Crippen LogP contribution in [0, 0.1) is 39.9 Å². The fraction of sp³-hybridized carbons (Fsp3) is 0.605. The van der Waals surface area contributed by atoms with Gasteiger partial charge in [0.25, 0.3) is 0 Å². The average Bonchev–Trinajstić information content (AvgIpc) is 3.83. The molecule has 1 fully saturated rings. The quantitative estimate of drug-likeness (QED) is 0.0303. The molecule has 0 heterocycles. The van der Waals surface area contributed by atoms with Gasteiger partial charge in [-0.3, -0.25) is 24.0 Å². The monoisotopic (exact) mass is 832 g/mol. The van der Waals surface area contributed by atoms with Gasteiger partial charge in [-0.15, -0.1) is 0 Å². The summed E-state index contributed by atoms with van der Waals surface area (Å²) in [5.74, 6) is -4.22. The number of benzene rings is 1. The van der Waals surface area contributed by atoms with Gasteiger partial charge in [-0.05, 0) is 103 Å². The van der Waals surface area contributed by atoms with Gasteiger partial charge < -0.3 is 44.5 Å². The first kappa shape index (κ1) is 51.6. The highest BCUT2D eigenvalue weighted by molar-refractivity contribution is 5.89. The Morgan fingerprint density at radius 1 is 0.678 bits per heavy atom. The lowest BCUT2D eigenvalue weighted by molar-refractivity contribution is -0.163. The van der Waals surface area contributed by atoms with E-state index in [0.29, 0.717) is 31.4 Å². The molecule has 1 saturated carbocycles. The van der Waals surface area contributed by atoms with Gasteiger partial charge in [-0.2, -0.15) is 0 Å². The van der Waals surface area contributed by atoms with E-state index in [0.717, 1.165) is 6.08 Å². The Bertz CT molecular complexity index is 1620. The van der Waals surface area contributed by atoms with E-state index in [1.54, 1.807) is 26.0 Å². The summed E-state index contributed by atoms with van der Waals surface area (Å²) >= 11 is 0. The summed E-state index contributed by atoms with van der Waals surface area (Å²) in [4.78, 5) is 80.7. The molecule has 16 heteroatoms. The average molecular weight is 833 g/mol. The van der Waals surface area contributed by atoms with Crippen molar-refractivity contribution in [1.82, 2.24) is 5.32 Å². The van der Waals surface area contributed by atoms with Crippen molar-refractivity contribution in [2.45, 2.75) is 88.0 Å². The number of aliphatic carboxylic acids is 1. The number of anilines is 1. The van der Waals surface area contributed by atoms with Crippen molar-refractivity contribution in [3.63, 3.8) is 0 Å². The molecule has 3 rings (SSSR count). The number of amides is 2. The maximum atomic E-state index is 12.2. The summed E-state index contributed by atoms with van der Waals surface area (Å²) in [5, 5.41) is 23.6. The van der Waals surface area contributed by atoms with Crippen LogP contribution in [-0.2, 0) is 52.5 Å². The minimum absolute atomic E-state index is 0.0115. The van der Waals surface area contributed by atoms with Gasteiger partial charge in [0.1, 0.15) is 38.8 Å². The number of esters is 5. The summed E-state index contributed by atoms with van der Waals surface area (Å²) in [5.41, 5.74) is -0.987. The fourth-order valence-corrected chi connectivity index (χ4v) is 5.24. The topological polar surface area (TPSA) is 230 Å². The Kier molecular flexibility index (Phi) is 21.4. The second-order valence-electron chi connectivity index (χ2n) is 15.9. The van der Waals surface area contributed by atoms with Crippen molar-refractivity contribution in [3.05, 3.63) is 49.1 Å². The number of phenolic OH excluding ortho intramolecular Hbond substituents is 1. The molecule has 0 aliphatic heterocycles. The predicted octanol–water partition coefficient (Wildman–Crippen LogP) is 6.22. The third-order valence-corrected chi connectivity index (χ3v) is 10.4. The first-order chi connectivity index (χ1) is 27.6. The first-order valence-electron chi connectivity index (χ1n) is 19.8. The van der Waals surface area contributed by atoms with Crippen LogP contribution in [0.2, 0.25) is 0 Å². The Morgan fingerprint density at radius 3 is 1.54 bits per heavy atom. The van der Waals surface area contributed by atoms with Crippen molar-refractivity contribution in [2.24, 2.45) is 39.9 Å².